The van der Waals surface area contributed by atoms with Gasteiger partial charge < -0.3 is 15.6 Å². The summed E-state index contributed by atoms with van der Waals surface area (Å²) in [4.78, 5) is 4.62. The number of hydrogen-bond donors (Lipinski definition) is 2. The Bertz CT molecular complexity index is 840. The summed E-state index contributed by atoms with van der Waals surface area (Å²) in [7, 11) is 1.65. The monoisotopic (exact) mass is 429 g/mol. The van der Waals surface area contributed by atoms with E-state index in [-0.39, 0.29) is 0 Å². The predicted octanol–water partition coefficient (Wildman–Crippen LogP) is 7.24. The maximum absolute atomic E-state index is 7.63. The second-order valence-electron chi connectivity index (χ2n) is 6.97. The molecule has 0 bridgehead atoms. The van der Waals surface area contributed by atoms with Crippen LogP contribution >= 0.6 is 11.6 Å². The zero-order valence-corrected chi connectivity index (χ0v) is 20.3. The number of halogens is 1. The quantitative estimate of drug-likeness (QED) is 0.466. The molecule has 2 N–H and O–H groups in total. The molecule has 2 rings (SSSR count). The number of nitrogens with one attached hydrogen (secondary N) is 2. The van der Waals surface area contributed by atoms with Gasteiger partial charge in [-0.25, -0.2) is 0 Å². The Kier molecular flexibility index (Phi) is 13.3. The van der Waals surface area contributed by atoms with E-state index in [1.165, 1.54) is 0 Å². The molecular formula is C25H36ClN3O. The van der Waals surface area contributed by atoms with Crippen molar-refractivity contribution >= 4 is 28.7 Å². The van der Waals surface area contributed by atoms with E-state index in [1.807, 2.05) is 84.0 Å². The van der Waals surface area contributed by atoms with Gasteiger partial charge in [-0.3, -0.25) is 4.99 Å². The van der Waals surface area contributed by atoms with Crippen LogP contribution in [0, 0.1) is 23.7 Å². The largest absolute Gasteiger partial charge is 0.497 e. The number of aliphatic imine (C=N–C) groups is 1. The van der Waals surface area contributed by atoms with Crippen molar-refractivity contribution in [3.05, 3.63) is 64.2 Å². The first-order chi connectivity index (χ1) is 14.1. The van der Waals surface area contributed by atoms with Gasteiger partial charge in [0.25, 0.3) is 0 Å². The van der Waals surface area contributed by atoms with Gasteiger partial charge in [-0.1, -0.05) is 57.5 Å². The van der Waals surface area contributed by atoms with Crippen molar-refractivity contribution in [3.8, 4) is 5.75 Å². The first-order valence-corrected chi connectivity index (χ1v) is 10.6. The lowest BCUT2D eigenvalue weighted by molar-refractivity contribution is 0.414. The van der Waals surface area contributed by atoms with E-state index in [4.69, 9.17) is 27.2 Å². The zero-order chi connectivity index (χ0) is 23.3. The average Bonchev–Trinajstić information content (AvgIpc) is 2.72. The van der Waals surface area contributed by atoms with Crippen molar-refractivity contribution in [3.63, 3.8) is 0 Å². The first-order valence-electron chi connectivity index (χ1n) is 10.2. The number of benzene rings is 2. The van der Waals surface area contributed by atoms with E-state index < -0.39 is 0 Å². The predicted molar refractivity (Wildman–Crippen MR) is 133 cm³/mol. The maximum Gasteiger partial charge on any atom is 0.119 e. The summed E-state index contributed by atoms with van der Waals surface area (Å²) in [6.07, 6.45) is 0. The van der Waals surface area contributed by atoms with Crippen LogP contribution in [-0.2, 0) is 0 Å². The van der Waals surface area contributed by atoms with Gasteiger partial charge in [-0.05, 0) is 56.5 Å². The summed E-state index contributed by atoms with van der Waals surface area (Å²) in [6.45, 7) is 14.0. The van der Waals surface area contributed by atoms with Gasteiger partial charge >= 0.3 is 0 Å². The highest BCUT2D eigenvalue weighted by atomic mass is 35.5. The zero-order valence-electron chi connectivity index (χ0n) is 19.6. The Morgan fingerprint density at radius 3 is 2.00 bits per heavy atom. The van der Waals surface area contributed by atoms with Gasteiger partial charge in [0.15, 0.2) is 0 Å². The molecular weight excluding hydrogens is 394 g/mol. The van der Waals surface area contributed by atoms with Crippen LogP contribution in [0.3, 0.4) is 0 Å². The standard InChI is InChI=1S/C18H19ClN2O.C5H11N.C2H6/c1-12-4-9-16(22-3)10-17(12)18(21-11-13(2)20)14-5-7-15(19)8-6-14;1-4(2)5(3)6;1-2/h4-10,20H,11H2,1-3H3;4,6H,1-3H3;1-2H3. The minimum Gasteiger partial charge on any atom is -0.497 e. The third-order valence-electron chi connectivity index (χ3n) is 4.16. The lowest BCUT2D eigenvalue weighted by atomic mass is 9.97. The fourth-order valence-electron chi connectivity index (χ4n) is 2.12. The molecule has 0 heterocycles. The van der Waals surface area contributed by atoms with Crippen LogP contribution in [0.15, 0.2) is 47.5 Å². The van der Waals surface area contributed by atoms with Gasteiger partial charge in [0.1, 0.15) is 5.75 Å². The van der Waals surface area contributed by atoms with Crippen molar-refractivity contribution in [2.75, 3.05) is 13.7 Å². The molecule has 164 valence electrons. The number of nitrogens with zero attached hydrogens (tertiary/aromatic N) is 1. The summed E-state index contributed by atoms with van der Waals surface area (Å²) in [5.41, 5.74) is 5.21. The fraction of sp³-hybridized carbons (Fsp3) is 0.400. The lowest BCUT2D eigenvalue weighted by Crippen LogP contribution is -2.09. The summed E-state index contributed by atoms with van der Waals surface area (Å²) >= 11 is 5.97. The van der Waals surface area contributed by atoms with E-state index in [9.17, 15) is 0 Å². The lowest BCUT2D eigenvalue weighted by Gasteiger charge is -2.12. The molecule has 0 amide bonds. The highest BCUT2D eigenvalue weighted by Crippen LogP contribution is 2.22. The number of methoxy groups -OCH3 is 1. The Balaban J connectivity index is 0.000000905. The molecule has 4 nitrogen and oxygen atoms in total. The Hall–Kier alpha value is -2.46. The Labute approximate surface area is 187 Å². The minimum atomic E-state index is 0.370. The molecule has 30 heavy (non-hydrogen) atoms. The smallest absolute Gasteiger partial charge is 0.119 e. The number of rotatable bonds is 6. The number of aryl methyl sites for hydroxylation is 1. The van der Waals surface area contributed by atoms with E-state index in [0.29, 0.717) is 23.2 Å². The molecule has 0 aliphatic heterocycles. The van der Waals surface area contributed by atoms with Crippen LogP contribution in [0.4, 0.5) is 0 Å². The molecule has 5 heteroatoms. The van der Waals surface area contributed by atoms with E-state index >= 15 is 0 Å². The fourth-order valence-corrected chi connectivity index (χ4v) is 2.25. The van der Waals surface area contributed by atoms with E-state index in [2.05, 4.69) is 4.99 Å². The molecule has 0 aliphatic rings. The Morgan fingerprint density at radius 2 is 1.57 bits per heavy atom. The van der Waals surface area contributed by atoms with Crippen LogP contribution in [0.25, 0.3) is 0 Å². The molecule has 0 aromatic heterocycles. The van der Waals surface area contributed by atoms with Crippen molar-refractivity contribution in [2.24, 2.45) is 10.9 Å². The summed E-state index contributed by atoms with van der Waals surface area (Å²) in [6, 6.07) is 13.5. The number of ether oxygens (including phenoxy) is 1. The average molecular weight is 430 g/mol. The summed E-state index contributed by atoms with van der Waals surface area (Å²) in [5, 5.41) is 15.3. The van der Waals surface area contributed by atoms with E-state index in [1.54, 1.807) is 14.0 Å². The maximum atomic E-state index is 7.63. The third-order valence-corrected chi connectivity index (χ3v) is 4.41. The minimum absolute atomic E-state index is 0.370. The van der Waals surface area contributed by atoms with Crippen molar-refractivity contribution in [1.82, 2.24) is 0 Å². The van der Waals surface area contributed by atoms with Crippen LogP contribution in [0.5, 0.6) is 5.75 Å². The highest BCUT2D eigenvalue weighted by molar-refractivity contribution is 6.30. The van der Waals surface area contributed by atoms with Gasteiger partial charge in [-0.15, -0.1) is 0 Å². The molecule has 0 unspecified atom stereocenters. The second-order valence-corrected chi connectivity index (χ2v) is 7.41. The molecule has 0 aliphatic carbocycles. The van der Waals surface area contributed by atoms with Gasteiger partial charge in [0.05, 0.1) is 19.4 Å². The van der Waals surface area contributed by atoms with Crippen molar-refractivity contribution < 1.29 is 4.74 Å². The Morgan fingerprint density at radius 1 is 1.03 bits per heavy atom. The van der Waals surface area contributed by atoms with Crippen LogP contribution < -0.4 is 4.74 Å². The van der Waals surface area contributed by atoms with Crippen molar-refractivity contribution in [1.29, 1.82) is 10.8 Å². The summed E-state index contributed by atoms with van der Waals surface area (Å²) < 4.78 is 5.32. The van der Waals surface area contributed by atoms with Crippen molar-refractivity contribution in [2.45, 2.75) is 48.5 Å². The van der Waals surface area contributed by atoms with Crippen LogP contribution in [-0.4, -0.2) is 30.8 Å². The normalized spacial score (nSPS) is 10.4. The van der Waals surface area contributed by atoms with Crippen LogP contribution in [0.2, 0.25) is 5.02 Å². The molecule has 0 atom stereocenters. The second kappa shape index (κ2) is 14.5. The van der Waals surface area contributed by atoms with Gasteiger partial charge in [-0.2, -0.15) is 0 Å². The van der Waals surface area contributed by atoms with Gasteiger partial charge in [0, 0.05) is 27.6 Å². The molecule has 2 aromatic rings. The molecule has 0 fully saturated rings. The van der Waals surface area contributed by atoms with E-state index in [0.717, 1.165) is 33.9 Å². The third kappa shape index (κ3) is 9.84. The van der Waals surface area contributed by atoms with Crippen LogP contribution in [0.1, 0.15) is 58.2 Å². The molecule has 0 spiro atoms. The molecule has 0 radical (unpaired) electrons. The number of hydrogen-bond acceptors (Lipinski definition) is 4. The molecule has 0 saturated carbocycles. The highest BCUT2D eigenvalue weighted by Gasteiger charge is 2.11. The topological polar surface area (TPSA) is 69.3 Å². The molecule has 0 saturated heterocycles. The summed E-state index contributed by atoms with van der Waals surface area (Å²) in [5.74, 6) is 1.22. The SMILES string of the molecule is CC.CC(=N)C(C)C.COc1ccc(C)c(C(=NCC(C)=N)c2ccc(Cl)cc2)c1. The van der Waals surface area contributed by atoms with Gasteiger partial charge in [0.2, 0.25) is 0 Å². The first kappa shape index (κ1) is 27.5. The molecule has 2 aromatic carbocycles.